The SMILES string of the molecule is COc1ccc2c(c1)C1(CCN(Cc3ccc(F)cc3)CC1)CN2C(=O)c1ccc(C)cc1. The summed E-state index contributed by atoms with van der Waals surface area (Å²) in [7, 11) is 1.68. The molecule has 2 aliphatic heterocycles. The van der Waals surface area contributed by atoms with Crippen LogP contribution >= 0.6 is 0 Å². The second-order valence-electron chi connectivity index (χ2n) is 9.32. The van der Waals surface area contributed by atoms with Crippen molar-refractivity contribution in [3.8, 4) is 5.75 Å². The molecular formula is C28H29FN2O2. The van der Waals surface area contributed by atoms with E-state index in [9.17, 15) is 9.18 Å². The molecule has 2 aliphatic rings. The zero-order valence-electron chi connectivity index (χ0n) is 19.2. The summed E-state index contributed by atoms with van der Waals surface area (Å²) in [6.45, 7) is 5.39. The highest BCUT2D eigenvalue weighted by atomic mass is 19.1. The second kappa shape index (κ2) is 8.64. The van der Waals surface area contributed by atoms with Gasteiger partial charge in [0.2, 0.25) is 0 Å². The van der Waals surface area contributed by atoms with Crippen molar-refractivity contribution >= 4 is 11.6 Å². The number of benzene rings is 3. The van der Waals surface area contributed by atoms with E-state index in [1.807, 2.05) is 60.4 Å². The van der Waals surface area contributed by atoms with Crippen LogP contribution in [-0.2, 0) is 12.0 Å². The van der Waals surface area contributed by atoms with Crippen molar-refractivity contribution in [3.63, 3.8) is 0 Å². The van der Waals surface area contributed by atoms with Crippen molar-refractivity contribution in [2.45, 2.75) is 31.7 Å². The number of hydrogen-bond donors (Lipinski definition) is 0. The van der Waals surface area contributed by atoms with E-state index in [0.717, 1.165) is 55.0 Å². The predicted octanol–water partition coefficient (Wildman–Crippen LogP) is 5.34. The Bertz CT molecular complexity index is 1150. The third-order valence-electron chi connectivity index (χ3n) is 7.20. The highest BCUT2D eigenvalue weighted by Crippen LogP contribution is 2.48. The van der Waals surface area contributed by atoms with Gasteiger partial charge in [-0.25, -0.2) is 4.39 Å². The topological polar surface area (TPSA) is 32.8 Å². The number of methoxy groups -OCH3 is 1. The normalized spacial score (nSPS) is 17.2. The molecule has 2 heterocycles. The Morgan fingerprint density at radius 2 is 1.70 bits per heavy atom. The van der Waals surface area contributed by atoms with Crippen LogP contribution in [0.1, 0.15) is 39.9 Å². The molecule has 3 aromatic rings. The molecule has 170 valence electrons. The maximum absolute atomic E-state index is 13.5. The molecule has 0 aliphatic carbocycles. The summed E-state index contributed by atoms with van der Waals surface area (Å²) in [6.07, 6.45) is 1.93. The van der Waals surface area contributed by atoms with Crippen molar-refractivity contribution in [1.29, 1.82) is 0 Å². The fraction of sp³-hybridized carbons (Fsp3) is 0.321. The van der Waals surface area contributed by atoms with Gasteiger partial charge in [0.25, 0.3) is 5.91 Å². The van der Waals surface area contributed by atoms with Crippen LogP contribution in [-0.4, -0.2) is 37.6 Å². The number of anilines is 1. The van der Waals surface area contributed by atoms with Gasteiger partial charge < -0.3 is 9.64 Å². The lowest BCUT2D eigenvalue weighted by Crippen LogP contribution is -2.45. The Morgan fingerprint density at radius 1 is 1.00 bits per heavy atom. The van der Waals surface area contributed by atoms with E-state index in [1.165, 1.54) is 17.7 Å². The molecule has 0 saturated carbocycles. The third-order valence-corrected chi connectivity index (χ3v) is 7.20. The number of fused-ring (bicyclic) bond motifs is 2. The molecule has 0 bridgehead atoms. The van der Waals surface area contributed by atoms with Gasteiger partial charge >= 0.3 is 0 Å². The van der Waals surface area contributed by atoms with Gasteiger partial charge in [-0.3, -0.25) is 9.69 Å². The number of piperidine rings is 1. The summed E-state index contributed by atoms with van der Waals surface area (Å²) < 4.78 is 18.8. The predicted molar refractivity (Wildman–Crippen MR) is 128 cm³/mol. The molecule has 0 aromatic heterocycles. The van der Waals surface area contributed by atoms with E-state index in [-0.39, 0.29) is 17.1 Å². The first-order valence-corrected chi connectivity index (χ1v) is 11.5. The minimum atomic E-state index is -0.203. The molecule has 0 unspecified atom stereocenters. The lowest BCUT2D eigenvalue weighted by molar-refractivity contribution is 0.0975. The van der Waals surface area contributed by atoms with Gasteiger partial charge in [0.1, 0.15) is 11.6 Å². The number of hydrogen-bond acceptors (Lipinski definition) is 3. The molecule has 4 nitrogen and oxygen atoms in total. The zero-order chi connectivity index (χ0) is 23.0. The number of nitrogens with zero attached hydrogens (tertiary/aromatic N) is 2. The van der Waals surface area contributed by atoms with Gasteiger partial charge in [0, 0.05) is 29.8 Å². The van der Waals surface area contributed by atoms with Crippen LogP contribution in [0.3, 0.4) is 0 Å². The van der Waals surface area contributed by atoms with Gasteiger partial charge in [0.05, 0.1) is 7.11 Å². The largest absolute Gasteiger partial charge is 0.497 e. The average Bonchev–Trinajstić information content (AvgIpc) is 3.15. The van der Waals surface area contributed by atoms with Crippen molar-refractivity contribution in [2.24, 2.45) is 0 Å². The van der Waals surface area contributed by atoms with E-state index in [1.54, 1.807) is 7.11 Å². The molecule has 5 rings (SSSR count). The monoisotopic (exact) mass is 444 g/mol. The minimum absolute atomic E-state index is 0.0482. The summed E-state index contributed by atoms with van der Waals surface area (Å²) in [4.78, 5) is 17.9. The van der Waals surface area contributed by atoms with Gasteiger partial charge in [0.15, 0.2) is 0 Å². The lowest BCUT2D eigenvalue weighted by Gasteiger charge is -2.40. The van der Waals surface area contributed by atoms with E-state index in [4.69, 9.17) is 4.74 Å². The number of carbonyl (C=O) groups excluding carboxylic acids is 1. The standard InChI is InChI=1S/C28H29FN2O2/c1-20-3-7-22(8-4-20)27(32)31-19-28(25-17-24(33-2)11-12-26(25)31)13-15-30(16-14-28)18-21-5-9-23(29)10-6-21/h3-12,17H,13-16,18-19H2,1-2H3. The molecule has 0 radical (unpaired) electrons. The molecule has 1 amide bonds. The Morgan fingerprint density at radius 3 is 2.36 bits per heavy atom. The smallest absolute Gasteiger partial charge is 0.258 e. The van der Waals surface area contributed by atoms with Crippen molar-refractivity contribution in [3.05, 3.63) is 94.8 Å². The number of halogens is 1. The molecule has 0 N–H and O–H groups in total. The van der Waals surface area contributed by atoms with Crippen molar-refractivity contribution in [2.75, 3.05) is 31.6 Å². The maximum Gasteiger partial charge on any atom is 0.258 e. The Kier molecular flexibility index (Phi) is 5.67. The van der Waals surface area contributed by atoms with Gasteiger partial charge in [-0.15, -0.1) is 0 Å². The average molecular weight is 445 g/mol. The number of likely N-dealkylation sites (tertiary alicyclic amines) is 1. The summed E-state index contributed by atoms with van der Waals surface area (Å²) in [5, 5.41) is 0. The highest BCUT2D eigenvalue weighted by Gasteiger charge is 2.46. The first-order valence-electron chi connectivity index (χ1n) is 11.5. The van der Waals surface area contributed by atoms with E-state index >= 15 is 0 Å². The maximum atomic E-state index is 13.5. The van der Waals surface area contributed by atoms with Crippen LogP contribution in [0.15, 0.2) is 66.7 Å². The fourth-order valence-corrected chi connectivity index (χ4v) is 5.22. The fourth-order valence-electron chi connectivity index (χ4n) is 5.22. The number of amides is 1. The number of ether oxygens (including phenoxy) is 1. The quantitative estimate of drug-likeness (QED) is 0.545. The Hall–Kier alpha value is -3.18. The minimum Gasteiger partial charge on any atom is -0.497 e. The van der Waals surface area contributed by atoms with Crippen molar-refractivity contribution < 1.29 is 13.9 Å². The summed E-state index contributed by atoms with van der Waals surface area (Å²) in [5.41, 5.74) is 5.11. The van der Waals surface area contributed by atoms with Crippen LogP contribution in [0.25, 0.3) is 0 Å². The molecule has 5 heteroatoms. The van der Waals surface area contributed by atoms with E-state index in [2.05, 4.69) is 11.0 Å². The molecule has 1 spiro atoms. The van der Waals surface area contributed by atoms with Gasteiger partial charge in [-0.1, -0.05) is 29.8 Å². The van der Waals surface area contributed by atoms with Crippen LogP contribution in [0.5, 0.6) is 5.75 Å². The molecule has 33 heavy (non-hydrogen) atoms. The number of carbonyl (C=O) groups is 1. The Balaban J connectivity index is 1.39. The van der Waals surface area contributed by atoms with Crippen LogP contribution in [0, 0.1) is 12.7 Å². The van der Waals surface area contributed by atoms with E-state index < -0.39 is 0 Å². The summed E-state index contributed by atoms with van der Waals surface area (Å²) in [5.74, 6) is 0.671. The second-order valence-corrected chi connectivity index (χ2v) is 9.32. The molecule has 1 fully saturated rings. The Labute approximate surface area is 194 Å². The van der Waals surface area contributed by atoms with Crippen molar-refractivity contribution in [1.82, 2.24) is 4.90 Å². The molecular weight excluding hydrogens is 415 g/mol. The van der Waals surface area contributed by atoms with Crippen LogP contribution in [0.4, 0.5) is 10.1 Å². The van der Waals surface area contributed by atoms with Crippen LogP contribution in [0.2, 0.25) is 0 Å². The first kappa shape index (κ1) is 21.7. The molecule has 1 saturated heterocycles. The van der Waals surface area contributed by atoms with Crippen LogP contribution < -0.4 is 9.64 Å². The highest BCUT2D eigenvalue weighted by molar-refractivity contribution is 6.07. The number of rotatable bonds is 4. The first-order chi connectivity index (χ1) is 16.0. The summed E-state index contributed by atoms with van der Waals surface area (Å²) in [6, 6.07) is 20.7. The number of aryl methyl sites for hydroxylation is 1. The lowest BCUT2D eigenvalue weighted by atomic mass is 9.74. The van der Waals surface area contributed by atoms with Gasteiger partial charge in [-0.2, -0.15) is 0 Å². The molecule has 3 aromatic carbocycles. The zero-order valence-corrected chi connectivity index (χ0v) is 19.2. The summed E-state index contributed by atoms with van der Waals surface area (Å²) >= 11 is 0. The van der Waals surface area contributed by atoms with E-state index in [0.29, 0.717) is 12.1 Å². The van der Waals surface area contributed by atoms with Gasteiger partial charge in [-0.05, 0) is 86.4 Å². The molecule has 0 atom stereocenters. The third kappa shape index (κ3) is 4.13.